The van der Waals surface area contributed by atoms with Gasteiger partial charge in [-0.05, 0) is 36.0 Å². The minimum atomic E-state index is 0.284. The molecule has 0 aromatic carbocycles. The topological polar surface area (TPSA) is 29.5 Å². The lowest BCUT2D eigenvalue weighted by Crippen LogP contribution is -2.55. The number of hydrogen-bond donors (Lipinski definition) is 1. The van der Waals surface area contributed by atoms with Crippen molar-refractivity contribution < 1.29 is 10.1 Å². The predicted molar refractivity (Wildman–Crippen MR) is 46.7 cm³/mol. The molecule has 0 aliphatic heterocycles. The van der Waals surface area contributed by atoms with Crippen LogP contribution in [0.4, 0.5) is 0 Å². The minimum Gasteiger partial charge on any atom is -0.252 e. The van der Waals surface area contributed by atoms with E-state index in [0.717, 1.165) is 17.8 Å². The summed E-state index contributed by atoms with van der Waals surface area (Å²) in [4.78, 5) is 4.33. The molecule has 3 saturated carbocycles. The Morgan fingerprint density at radius 2 is 2.25 bits per heavy atom. The van der Waals surface area contributed by atoms with E-state index in [0.29, 0.717) is 6.61 Å². The van der Waals surface area contributed by atoms with Crippen molar-refractivity contribution in [2.24, 2.45) is 23.2 Å². The van der Waals surface area contributed by atoms with Gasteiger partial charge in [0.25, 0.3) is 0 Å². The second kappa shape index (κ2) is 2.71. The molecule has 0 spiro atoms. The molecule has 3 fully saturated rings. The molecule has 0 saturated heterocycles. The highest BCUT2D eigenvalue weighted by Crippen LogP contribution is 2.61. The van der Waals surface area contributed by atoms with E-state index < -0.39 is 0 Å². The Morgan fingerprint density at radius 1 is 1.50 bits per heavy atom. The van der Waals surface area contributed by atoms with Crippen LogP contribution in [0.1, 0.15) is 33.1 Å². The average Bonchev–Trinajstić information content (AvgIpc) is 2.04. The first-order chi connectivity index (χ1) is 5.68. The minimum absolute atomic E-state index is 0.284. The van der Waals surface area contributed by atoms with Gasteiger partial charge in [-0.3, -0.25) is 5.26 Å². The van der Waals surface area contributed by atoms with Crippen molar-refractivity contribution in [3.05, 3.63) is 0 Å². The second-order valence-electron chi connectivity index (χ2n) is 4.87. The molecule has 4 atom stereocenters. The van der Waals surface area contributed by atoms with Crippen LogP contribution < -0.4 is 0 Å². The maximum absolute atomic E-state index is 8.51. The molecule has 0 radical (unpaired) electrons. The van der Waals surface area contributed by atoms with Gasteiger partial charge in [-0.1, -0.05) is 20.3 Å². The summed E-state index contributed by atoms with van der Waals surface area (Å²) < 4.78 is 0. The van der Waals surface area contributed by atoms with E-state index in [1.807, 2.05) is 0 Å². The van der Waals surface area contributed by atoms with Gasteiger partial charge in [-0.2, -0.15) is 0 Å². The van der Waals surface area contributed by atoms with Crippen LogP contribution in [0, 0.1) is 23.2 Å². The zero-order valence-electron chi connectivity index (χ0n) is 7.92. The van der Waals surface area contributed by atoms with Crippen molar-refractivity contribution in [2.75, 3.05) is 6.61 Å². The van der Waals surface area contributed by atoms with Crippen LogP contribution in [-0.2, 0) is 4.89 Å². The lowest BCUT2D eigenvalue weighted by molar-refractivity contribution is -0.294. The average molecular weight is 170 g/mol. The molecule has 12 heavy (non-hydrogen) atoms. The highest BCUT2D eigenvalue weighted by atomic mass is 17.1. The fraction of sp³-hybridized carbons (Fsp3) is 1.00. The fourth-order valence-corrected chi connectivity index (χ4v) is 3.35. The van der Waals surface area contributed by atoms with Crippen LogP contribution in [-0.4, -0.2) is 11.9 Å². The molecule has 70 valence electrons. The highest BCUT2D eigenvalue weighted by Gasteiger charge is 2.56. The van der Waals surface area contributed by atoms with Crippen molar-refractivity contribution in [3.8, 4) is 0 Å². The molecule has 0 amide bonds. The number of fused-ring (bicyclic) bond motifs is 2. The first-order valence-electron chi connectivity index (χ1n) is 4.95. The van der Waals surface area contributed by atoms with Gasteiger partial charge in [0.05, 0.1) is 6.61 Å². The molecule has 2 nitrogen and oxygen atoms in total. The third kappa shape index (κ3) is 0.944. The van der Waals surface area contributed by atoms with Crippen LogP contribution in [0.5, 0.6) is 0 Å². The zero-order chi connectivity index (χ0) is 8.77. The number of rotatable bonds is 2. The monoisotopic (exact) mass is 170 g/mol. The van der Waals surface area contributed by atoms with Crippen molar-refractivity contribution in [1.82, 2.24) is 0 Å². The van der Waals surface area contributed by atoms with E-state index in [4.69, 9.17) is 5.26 Å². The zero-order valence-corrected chi connectivity index (χ0v) is 7.92. The van der Waals surface area contributed by atoms with Crippen molar-refractivity contribution in [1.29, 1.82) is 0 Å². The summed E-state index contributed by atoms with van der Waals surface area (Å²) in [6.45, 7) is 5.13. The van der Waals surface area contributed by atoms with Crippen LogP contribution in [0.25, 0.3) is 0 Å². The first kappa shape index (κ1) is 8.52. The molecule has 0 heterocycles. The fourth-order valence-electron chi connectivity index (χ4n) is 3.35. The van der Waals surface area contributed by atoms with Gasteiger partial charge >= 0.3 is 0 Å². The van der Waals surface area contributed by atoms with E-state index in [2.05, 4.69) is 18.7 Å². The van der Waals surface area contributed by atoms with Crippen molar-refractivity contribution >= 4 is 0 Å². The molecule has 3 aliphatic carbocycles. The maximum Gasteiger partial charge on any atom is 0.0878 e. The summed E-state index contributed by atoms with van der Waals surface area (Å²) in [7, 11) is 0. The standard InChI is InChI=1S/C10H18O2/c1-7-3-4-8-5-9(7)10(8,2)6-12-11/h7-9,11H,3-6H2,1-2H3. The molecule has 1 N–H and O–H groups in total. The number of hydrogen-bond acceptors (Lipinski definition) is 2. The van der Waals surface area contributed by atoms with Crippen LogP contribution in [0.2, 0.25) is 0 Å². The second-order valence-corrected chi connectivity index (χ2v) is 4.87. The predicted octanol–water partition coefficient (Wildman–Crippen LogP) is 2.55. The van der Waals surface area contributed by atoms with Gasteiger partial charge in [0, 0.05) is 0 Å². The Balaban J connectivity index is 2.07. The summed E-state index contributed by atoms with van der Waals surface area (Å²) in [5, 5.41) is 8.51. The lowest BCUT2D eigenvalue weighted by atomic mass is 9.45. The molecule has 2 bridgehead atoms. The summed E-state index contributed by atoms with van der Waals surface area (Å²) in [5.74, 6) is 2.43. The molecular formula is C10H18O2. The molecular weight excluding hydrogens is 152 g/mol. The Labute approximate surface area is 73.8 Å². The van der Waals surface area contributed by atoms with E-state index in [1.165, 1.54) is 19.3 Å². The van der Waals surface area contributed by atoms with Gasteiger partial charge in [0.1, 0.15) is 0 Å². The smallest absolute Gasteiger partial charge is 0.0878 e. The van der Waals surface area contributed by atoms with Gasteiger partial charge in [0.2, 0.25) is 0 Å². The Bertz CT molecular complexity index is 179. The van der Waals surface area contributed by atoms with Crippen LogP contribution in [0.15, 0.2) is 0 Å². The summed E-state index contributed by atoms with van der Waals surface area (Å²) in [6, 6.07) is 0. The molecule has 4 unspecified atom stereocenters. The van der Waals surface area contributed by atoms with Gasteiger partial charge in [-0.25, -0.2) is 4.89 Å². The van der Waals surface area contributed by atoms with Gasteiger partial charge < -0.3 is 0 Å². The molecule has 0 aromatic heterocycles. The van der Waals surface area contributed by atoms with Crippen LogP contribution >= 0.6 is 0 Å². The first-order valence-corrected chi connectivity index (χ1v) is 4.95. The maximum atomic E-state index is 8.51. The molecule has 2 heteroatoms. The Morgan fingerprint density at radius 3 is 2.75 bits per heavy atom. The lowest BCUT2D eigenvalue weighted by Gasteiger charge is -2.60. The SMILES string of the molecule is CC1CCC2CC1C2(C)COO. The molecule has 0 aromatic rings. The van der Waals surface area contributed by atoms with Crippen molar-refractivity contribution in [2.45, 2.75) is 33.1 Å². The van der Waals surface area contributed by atoms with E-state index >= 15 is 0 Å². The van der Waals surface area contributed by atoms with Gasteiger partial charge in [-0.15, -0.1) is 0 Å². The third-order valence-electron chi connectivity index (χ3n) is 4.35. The van der Waals surface area contributed by atoms with E-state index in [-0.39, 0.29) is 5.41 Å². The van der Waals surface area contributed by atoms with Crippen molar-refractivity contribution in [3.63, 3.8) is 0 Å². The molecule has 3 rings (SSSR count). The highest BCUT2D eigenvalue weighted by molar-refractivity contribution is 5.04. The third-order valence-corrected chi connectivity index (χ3v) is 4.35. The Hall–Kier alpha value is -0.0800. The van der Waals surface area contributed by atoms with E-state index in [1.54, 1.807) is 0 Å². The molecule has 3 aliphatic rings. The quantitative estimate of drug-likeness (QED) is 0.509. The summed E-state index contributed by atoms with van der Waals surface area (Å²) in [6.07, 6.45) is 4.06. The van der Waals surface area contributed by atoms with Gasteiger partial charge in [0.15, 0.2) is 0 Å². The van der Waals surface area contributed by atoms with E-state index in [9.17, 15) is 0 Å². The van der Waals surface area contributed by atoms with Crippen LogP contribution in [0.3, 0.4) is 0 Å². The summed E-state index contributed by atoms with van der Waals surface area (Å²) >= 11 is 0. The normalized spacial score (nSPS) is 51.8. The summed E-state index contributed by atoms with van der Waals surface area (Å²) in [5.41, 5.74) is 0.284. The largest absolute Gasteiger partial charge is 0.252 e. The Kier molecular flexibility index (Phi) is 1.92.